The Morgan fingerprint density at radius 1 is 0.750 bits per heavy atom. The summed E-state index contributed by atoms with van der Waals surface area (Å²) in [6, 6.07) is 15.4. The van der Waals surface area contributed by atoms with E-state index < -0.39 is 0 Å². The number of nitrogens with zero attached hydrogens (tertiary/aromatic N) is 1. The van der Waals surface area contributed by atoms with Crippen molar-refractivity contribution < 1.29 is 4.57 Å². The van der Waals surface area contributed by atoms with Gasteiger partial charge in [0, 0.05) is 18.6 Å². The van der Waals surface area contributed by atoms with Crippen LogP contribution < -0.4 is 4.57 Å². The molecule has 0 N–H and O–H groups in total. The molecule has 2 aromatic rings. The molecule has 0 aliphatic rings. The zero-order valence-electron chi connectivity index (χ0n) is 12.6. The molecule has 1 aromatic heterocycles. The zero-order valence-corrected chi connectivity index (χ0v) is 12.6. The molecule has 0 amide bonds. The maximum Gasteiger partial charge on any atom is 0.168 e. The highest BCUT2D eigenvalue weighted by molar-refractivity contribution is 5.22. The van der Waals surface area contributed by atoms with Crippen LogP contribution in [0.2, 0.25) is 0 Å². The molecule has 1 heterocycles. The molecule has 0 aliphatic heterocycles. The van der Waals surface area contributed by atoms with Gasteiger partial charge in [-0.15, -0.1) is 0 Å². The summed E-state index contributed by atoms with van der Waals surface area (Å²) in [6.07, 6.45) is 12.0. The van der Waals surface area contributed by atoms with E-state index in [-0.39, 0.29) is 0 Å². The lowest BCUT2D eigenvalue weighted by atomic mass is 10.0. The standard InChI is InChI=1S/C19H26N/c1-2-3-4-6-9-18-10-12-19(13-11-18)14-17-20-15-7-5-8-16-20/h5,7-8,10-13,15-16H,2-4,6,9,14,17H2,1H3/q+1. The Hall–Kier alpha value is -1.63. The van der Waals surface area contributed by atoms with Crippen LogP contribution in [-0.4, -0.2) is 0 Å². The van der Waals surface area contributed by atoms with Gasteiger partial charge in [0.25, 0.3) is 0 Å². The minimum absolute atomic E-state index is 1.05. The van der Waals surface area contributed by atoms with E-state index in [0.717, 1.165) is 13.0 Å². The third-order valence-electron chi connectivity index (χ3n) is 3.78. The minimum Gasteiger partial charge on any atom is -0.205 e. The van der Waals surface area contributed by atoms with E-state index in [4.69, 9.17) is 0 Å². The lowest BCUT2D eigenvalue weighted by Crippen LogP contribution is -2.33. The molecule has 2 rings (SSSR count). The molecule has 0 saturated heterocycles. The van der Waals surface area contributed by atoms with Crippen molar-refractivity contribution in [3.05, 3.63) is 66.0 Å². The summed E-state index contributed by atoms with van der Waals surface area (Å²) in [7, 11) is 0. The first kappa shape index (κ1) is 14.8. The van der Waals surface area contributed by atoms with E-state index in [1.54, 1.807) is 0 Å². The largest absolute Gasteiger partial charge is 0.205 e. The van der Waals surface area contributed by atoms with Crippen LogP contribution >= 0.6 is 0 Å². The number of hydrogen-bond donors (Lipinski definition) is 0. The number of aromatic nitrogens is 1. The molecule has 20 heavy (non-hydrogen) atoms. The summed E-state index contributed by atoms with van der Waals surface area (Å²) < 4.78 is 2.23. The SMILES string of the molecule is CCCCCCc1ccc(CC[n+]2ccccc2)cc1. The molecule has 106 valence electrons. The molecular weight excluding hydrogens is 242 g/mol. The van der Waals surface area contributed by atoms with E-state index >= 15 is 0 Å². The molecule has 0 unspecified atom stereocenters. The van der Waals surface area contributed by atoms with Crippen LogP contribution in [0.25, 0.3) is 0 Å². The molecule has 0 atom stereocenters. The lowest BCUT2D eigenvalue weighted by molar-refractivity contribution is -0.696. The zero-order chi connectivity index (χ0) is 14.0. The second-order valence-corrected chi connectivity index (χ2v) is 5.49. The Bertz CT molecular complexity index is 473. The van der Waals surface area contributed by atoms with Gasteiger partial charge in [0.15, 0.2) is 18.9 Å². The van der Waals surface area contributed by atoms with Crippen molar-refractivity contribution in [3.8, 4) is 0 Å². The number of pyridine rings is 1. The fourth-order valence-corrected chi connectivity index (χ4v) is 2.47. The Morgan fingerprint density at radius 2 is 1.40 bits per heavy atom. The first-order valence-corrected chi connectivity index (χ1v) is 7.90. The molecule has 1 heteroatoms. The van der Waals surface area contributed by atoms with Gasteiger partial charge in [0.05, 0.1) is 0 Å². The predicted molar refractivity (Wildman–Crippen MR) is 84.6 cm³/mol. The first-order chi connectivity index (χ1) is 9.88. The van der Waals surface area contributed by atoms with Gasteiger partial charge in [-0.2, -0.15) is 0 Å². The average Bonchev–Trinajstić information content (AvgIpc) is 2.52. The first-order valence-electron chi connectivity index (χ1n) is 7.90. The van der Waals surface area contributed by atoms with Crippen LogP contribution in [0.3, 0.4) is 0 Å². The molecular formula is C19H26N+. The quantitative estimate of drug-likeness (QED) is 0.495. The maximum absolute atomic E-state index is 2.30. The van der Waals surface area contributed by atoms with Crippen molar-refractivity contribution in [2.24, 2.45) is 0 Å². The van der Waals surface area contributed by atoms with Gasteiger partial charge in [-0.25, -0.2) is 4.57 Å². The average molecular weight is 268 g/mol. The van der Waals surface area contributed by atoms with Crippen LogP contribution in [0.1, 0.15) is 43.7 Å². The van der Waals surface area contributed by atoms with Gasteiger partial charge in [0.2, 0.25) is 0 Å². The summed E-state index contributed by atoms with van der Waals surface area (Å²) in [5.74, 6) is 0. The molecule has 1 nitrogen and oxygen atoms in total. The van der Waals surface area contributed by atoms with Crippen LogP contribution in [0.4, 0.5) is 0 Å². The molecule has 0 spiro atoms. The van der Waals surface area contributed by atoms with Crippen LogP contribution in [0.5, 0.6) is 0 Å². The number of rotatable bonds is 8. The van der Waals surface area contributed by atoms with E-state index in [0.29, 0.717) is 0 Å². The van der Waals surface area contributed by atoms with E-state index in [1.165, 1.54) is 43.2 Å². The van der Waals surface area contributed by atoms with Crippen molar-refractivity contribution in [2.45, 2.75) is 52.0 Å². The monoisotopic (exact) mass is 268 g/mol. The Labute approximate surface area is 123 Å². The van der Waals surface area contributed by atoms with Crippen LogP contribution in [-0.2, 0) is 19.4 Å². The summed E-state index contributed by atoms with van der Waals surface area (Å²) in [5.41, 5.74) is 2.91. The molecule has 0 aliphatic carbocycles. The van der Waals surface area contributed by atoms with Gasteiger partial charge < -0.3 is 0 Å². The third-order valence-corrected chi connectivity index (χ3v) is 3.78. The lowest BCUT2D eigenvalue weighted by Gasteiger charge is -2.03. The fourth-order valence-electron chi connectivity index (χ4n) is 2.47. The summed E-state index contributed by atoms with van der Waals surface area (Å²) in [6.45, 7) is 3.32. The third kappa shape index (κ3) is 5.16. The van der Waals surface area contributed by atoms with Crippen molar-refractivity contribution in [1.82, 2.24) is 0 Å². The van der Waals surface area contributed by atoms with Crippen molar-refractivity contribution in [3.63, 3.8) is 0 Å². The Morgan fingerprint density at radius 3 is 2.05 bits per heavy atom. The number of hydrogen-bond acceptors (Lipinski definition) is 0. The summed E-state index contributed by atoms with van der Waals surface area (Å²) in [5, 5.41) is 0. The van der Waals surface area contributed by atoms with Crippen LogP contribution in [0.15, 0.2) is 54.9 Å². The highest BCUT2D eigenvalue weighted by Crippen LogP contribution is 2.10. The minimum atomic E-state index is 1.05. The topological polar surface area (TPSA) is 3.88 Å². The Balaban J connectivity index is 1.76. The molecule has 0 saturated carbocycles. The van der Waals surface area contributed by atoms with Gasteiger partial charge >= 0.3 is 0 Å². The van der Waals surface area contributed by atoms with Gasteiger partial charge in [-0.3, -0.25) is 0 Å². The molecule has 0 bridgehead atoms. The fraction of sp³-hybridized carbons (Fsp3) is 0.421. The molecule has 1 aromatic carbocycles. The highest BCUT2D eigenvalue weighted by atomic mass is 14.9. The van der Waals surface area contributed by atoms with Gasteiger partial charge in [0.1, 0.15) is 0 Å². The van der Waals surface area contributed by atoms with E-state index in [2.05, 4.69) is 66.3 Å². The molecule has 0 fully saturated rings. The summed E-state index contributed by atoms with van der Waals surface area (Å²) >= 11 is 0. The van der Waals surface area contributed by atoms with Crippen molar-refractivity contribution in [2.75, 3.05) is 0 Å². The van der Waals surface area contributed by atoms with Crippen molar-refractivity contribution >= 4 is 0 Å². The highest BCUT2D eigenvalue weighted by Gasteiger charge is 2.00. The van der Waals surface area contributed by atoms with E-state index in [1.807, 2.05) is 0 Å². The number of unbranched alkanes of at least 4 members (excludes halogenated alkanes) is 3. The Kier molecular flexibility index (Phi) is 6.30. The van der Waals surface area contributed by atoms with Gasteiger partial charge in [-0.1, -0.05) is 56.5 Å². The van der Waals surface area contributed by atoms with E-state index in [9.17, 15) is 0 Å². The maximum atomic E-state index is 2.30. The smallest absolute Gasteiger partial charge is 0.168 e. The number of aryl methyl sites for hydroxylation is 3. The summed E-state index contributed by atoms with van der Waals surface area (Å²) in [4.78, 5) is 0. The van der Waals surface area contributed by atoms with Crippen molar-refractivity contribution in [1.29, 1.82) is 0 Å². The normalized spacial score (nSPS) is 10.7. The molecule has 0 radical (unpaired) electrons. The van der Waals surface area contributed by atoms with Crippen LogP contribution in [0, 0.1) is 0 Å². The van der Waals surface area contributed by atoms with Gasteiger partial charge in [-0.05, 0) is 24.0 Å². The second-order valence-electron chi connectivity index (χ2n) is 5.49. The predicted octanol–water partition coefficient (Wildman–Crippen LogP) is 4.34. The second kappa shape index (κ2) is 8.52. The number of benzene rings is 1.